The van der Waals surface area contributed by atoms with E-state index in [1.807, 2.05) is 12.3 Å². The van der Waals surface area contributed by atoms with Crippen molar-refractivity contribution in [2.45, 2.75) is 38.5 Å². The lowest BCUT2D eigenvalue weighted by molar-refractivity contribution is -0.0244. The van der Waals surface area contributed by atoms with E-state index in [0.717, 1.165) is 11.3 Å². The first kappa shape index (κ1) is 12.2. The quantitative estimate of drug-likeness (QED) is 0.712. The van der Waals surface area contributed by atoms with Crippen LogP contribution in [0.1, 0.15) is 36.4 Å². The summed E-state index contributed by atoms with van der Waals surface area (Å²) in [6.45, 7) is 1.86. The van der Waals surface area contributed by atoms with E-state index in [0.29, 0.717) is 23.4 Å². The molecule has 2 rings (SSSR count). The van der Waals surface area contributed by atoms with Crippen molar-refractivity contribution in [3.8, 4) is 6.07 Å². The van der Waals surface area contributed by atoms with E-state index in [2.05, 4.69) is 11.1 Å². The Kier molecular flexibility index (Phi) is 3.25. The molecule has 0 aromatic carbocycles. The SMILES string of the molecule is Cc1csc(C(C#N)=C2CCC(F)(F)CC2)n1. The molecule has 1 aliphatic carbocycles. The van der Waals surface area contributed by atoms with Crippen molar-refractivity contribution in [1.82, 2.24) is 4.98 Å². The minimum Gasteiger partial charge on any atom is -0.241 e. The van der Waals surface area contributed by atoms with Gasteiger partial charge >= 0.3 is 0 Å². The van der Waals surface area contributed by atoms with Crippen LogP contribution in [0.2, 0.25) is 0 Å². The predicted molar refractivity (Wildman–Crippen MR) is 62.8 cm³/mol. The maximum atomic E-state index is 13.0. The number of alkyl halides is 2. The highest BCUT2D eigenvalue weighted by Gasteiger charge is 2.33. The molecule has 0 amide bonds. The number of rotatable bonds is 1. The summed E-state index contributed by atoms with van der Waals surface area (Å²) in [5, 5.41) is 11.7. The molecule has 0 aliphatic heterocycles. The minimum absolute atomic E-state index is 0.155. The first-order chi connectivity index (χ1) is 8.02. The van der Waals surface area contributed by atoms with Gasteiger partial charge in [-0.15, -0.1) is 11.3 Å². The Balaban J connectivity index is 2.28. The number of hydrogen-bond donors (Lipinski definition) is 0. The molecule has 0 spiro atoms. The van der Waals surface area contributed by atoms with Gasteiger partial charge in [0.1, 0.15) is 11.1 Å². The van der Waals surface area contributed by atoms with Gasteiger partial charge in [0.2, 0.25) is 5.92 Å². The monoisotopic (exact) mass is 254 g/mol. The Labute approximate surface area is 103 Å². The van der Waals surface area contributed by atoms with Gasteiger partial charge in [-0.25, -0.2) is 13.8 Å². The van der Waals surface area contributed by atoms with E-state index in [9.17, 15) is 8.78 Å². The zero-order valence-corrected chi connectivity index (χ0v) is 10.3. The second kappa shape index (κ2) is 4.53. The summed E-state index contributed by atoms with van der Waals surface area (Å²) in [5.74, 6) is -2.57. The van der Waals surface area contributed by atoms with Gasteiger partial charge in [-0.2, -0.15) is 5.26 Å². The van der Waals surface area contributed by atoms with E-state index < -0.39 is 5.92 Å². The van der Waals surface area contributed by atoms with Gasteiger partial charge in [-0.05, 0) is 25.3 Å². The van der Waals surface area contributed by atoms with Crippen LogP contribution >= 0.6 is 11.3 Å². The van der Waals surface area contributed by atoms with Crippen LogP contribution in [0.15, 0.2) is 11.0 Å². The lowest BCUT2D eigenvalue weighted by Gasteiger charge is -2.23. The van der Waals surface area contributed by atoms with Gasteiger partial charge in [0, 0.05) is 23.9 Å². The third-order valence-corrected chi connectivity index (χ3v) is 3.86. The highest BCUT2D eigenvalue weighted by molar-refractivity contribution is 7.10. The van der Waals surface area contributed by atoms with E-state index in [4.69, 9.17) is 5.26 Å². The summed E-state index contributed by atoms with van der Waals surface area (Å²) in [7, 11) is 0. The third-order valence-electron chi connectivity index (χ3n) is 2.88. The molecule has 0 saturated heterocycles. The molecule has 17 heavy (non-hydrogen) atoms. The molecule has 2 nitrogen and oxygen atoms in total. The van der Waals surface area contributed by atoms with Crippen LogP contribution in [0.4, 0.5) is 8.78 Å². The zero-order chi connectivity index (χ0) is 12.5. The topological polar surface area (TPSA) is 36.7 Å². The second-order valence-corrected chi connectivity index (χ2v) is 5.10. The number of thiazole rings is 1. The molecular weight excluding hydrogens is 242 g/mol. The molecule has 0 atom stereocenters. The van der Waals surface area contributed by atoms with Crippen LogP contribution in [0.3, 0.4) is 0 Å². The Hall–Kier alpha value is -1.28. The number of halogens is 2. The van der Waals surface area contributed by atoms with E-state index >= 15 is 0 Å². The average molecular weight is 254 g/mol. The largest absolute Gasteiger partial charge is 0.248 e. The first-order valence-electron chi connectivity index (χ1n) is 5.44. The number of hydrogen-bond acceptors (Lipinski definition) is 3. The number of nitriles is 1. The van der Waals surface area contributed by atoms with Gasteiger partial charge in [0.25, 0.3) is 0 Å². The molecule has 0 radical (unpaired) electrons. The summed E-state index contributed by atoms with van der Waals surface area (Å²) < 4.78 is 26.1. The number of aryl methyl sites for hydroxylation is 1. The van der Waals surface area contributed by atoms with Crippen molar-refractivity contribution >= 4 is 16.9 Å². The van der Waals surface area contributed by atoms with E-state index in [1.165, 1.54) is 11.3 Å². The summed E-state index contributed by atoms with van der Waals surface area (Å²) in [6, 6.07) is 2.11. The fourth-order valence-corrected chi connectivity index (χ4v) is 2.75. The van der Waals surface area contributed by atoms with Gasteiger partial charge in [0.05, 0.1) is 5.57 Å². The Bertz CT molecular complexity index is 485. The lowest BCUT2D eigenvalue weighted by Crippen LogP contribution is -2.21. The number of aromatic nitrogens is 1. The minimum atomic E-state index is -2.57. The van der Waals surface area contributed by atoms with Crippen LogP contribution in [0.25, 0.3) is 5.57 Å². The highest BCUT2D eigenvalue weighted by Crippen LogP contribution is 2.39. The normalized spacial score (nSPS) is 18.8. The summed E-state index contributed by atoms with van der Waals surface area (Å²) in [6.07, 6.45) is 0.290. The third kappa shape index (κ3) is 2.70. The van der Waals surface area contributed by atoms with Crippen molar-refractivity contribution in [3.05, 3.63) is 21.7 Å². The van der Waals surface area contributed by atoms with Crippen LogP contribution in [-0.2, 0) is 0 Å². The Morgan fingerprint density at radius 3 is 2.59 bits per heavy atom. The van der Waals surface area contributed by atoms with Gasteiger partial charge in [-0.1, -0.05) is 0 Å². The van der Waals surface area contributed by atoms with Crippen molar-refractivity contribution in [3.63, 3.8) is 0 Å². The summed E-state index contributed by atoms with van der Waals surface area (Å²) >= 11 is 1.40. The van der Waals surface area contributed by atoms with Gasteiger partial charge in [-0.3, -0.25) is 0 Å². The maximum Gasteiger partial charge on any atom is 0.248 e. The molecule has 1 heterocycles. The molecule has 1 aromatic rings. The van der Waals surface area contributed by atoms with Crippen LogP contribution in [0, 0.1) is 18.3 Å². The fourth-order valence-electron chi connectivity index (χ4n) is 1.91. The van der Waals surface area contributed by atoms with E-state index in [1.54, 1.807) is 0 Å². The van der Waals surface area contributed by atoms with Crippen LogP contribution in [-0.4, -0.2) is 10.9 Å². The van der Waals surface area contributed by atoms with Crippen molar-refractivity contribution < 1.29 is 8.78 Å². The molecule has 90 valence electrons. The molecule has 1 aromatic heterocycles. The molecule has 5 heteroatoms. The van der Waals surface area contributed by atoms with Gasteiger partial charge < -0.3 is 0 Å². The summed E-state index contributed by atoms with van der Waals surface area (Å²) in [4.78, 5) is 4.24. The molecule has 1 aliphatic rings. The molecule has 0 N–H and O–H groups in total. The van der Waals surface area contributed by atoms with Crippen LogP contribution in [0.5, 0.6) is 0 Å². The Morgan fingerprint density at radius 1 is 1.47 bits per heavy atom. The number of allylic oxidation sites excluding steroid dienone is 2. The van der Waals surface area contributed by atoms with Crippen molar-refractivity contribution in [1.29, 1.82) is 5.26 Å². The average Bonchev–Trinajstić information content (AvgIpc) is 2.68. The van der Waals surface area contributed by atoms with Crippen molar-refractivity contribution in [2.24, 2.45) is 0 Å². The predicted octanol–water partition coefficient (Wildman–Crippen LogP) is 3.94. The van der Waals surface area contributed by atoms with Crippen molar-refractivity contribution in [2.75, 3.05) is 0 Å². The van der Waals surface area contributed by atoms with Crippen LogP contribution < -0.4 is 0 Å². The standard InChI is InChI=1S/C12H12F2N2S/c1-8-7-17-11(16-8)10(6-15)9-2-4-12(13,14)5-3-9/h7H,2-5H2,1H3. The van der Waals surface area contributed by atoms with Gasteiger partial charge in [0.15, 0.2) is 0 Å². The molecule has 0 unspecified atom stereocenters. The molecule has 0 bridgehead atoms. The maximum absolute atomic E-state index is 13.0. The molecule has 1 fully saturated rings. The Morgan fingerprint density at radius 2 is 2.12 bits per heavy atom. The molecular formula is C12H12F2N2S. The smallest absolute Gasteiger partial charge is 0.241 e. The number of nitrogens with zero attached hydrogens (tertiary/aromatic N) is 2. The summed E-state index contributed by atoms with van der Waals surface area (Å²) in [5.41, 5.74) is 2.19. The molecule has 1 saturated carbocycles. The first-order valence-corrected chi connectivity index (χ1v) is 6.32. The fraction of sp³-hybridized carbons (Fsp3) is 0.500. The zero-order valence-electron chi connectivity index (χ0n) is 9.46. The second-order valence-electron chi connectivity index (χ2n) is 4.24. The lowest BCUT2D eigenvalue weighted by atomic mass is 9.89. The van der Waals surface area contributed by atoms with E-state index in [-0.39, 0.29) is 12.8 Å². The highest BCUT2D eigenvalue weighted by atomic mass is 32.1.